The van der Waals surface area contributed by atoms with E-state index in [9.17, 15) is 14.9 Å². The first-order chi connectivity index (χ1) is 11.2. The van der Waals surface area contributed by atoms with Gasteiger partial charge in [0.05, 0.1) is 0 Å². The number of nitrogens with zero attached hydrogens (tertiary/aromatic N) is 2. The van der Waals surface area contributed by atoms with E-state index in [4.69, 9.17) is 0 Å². The molecule has 1 aliphatic rings. The molecule has 4 nitrogen and oxygen atoms in total. The van der Waals surface area contributed by atoms with Gasteiger partial charge in [0.25, 0.3) is 0 Å². The molecule has 0 atom stereocenters. The summed E-state index contributed by atoms with van der Waals surface area (Å²) in [6.45, 7) is 2.36. The maximum atomic E-state index is 12.9. The number of benzene rings is 2. The van der Waals surface area contributed by atoms with E-state index in [-0.39, 0.29) is 17.1 Å². The summed E-state index contributed by atoms with van der Waals surface area (Å²) in [5, 5.41) is 9.46. The van der Waals surface area contributed by atoms with Gasteiger partial charge in [0.15, 0.2) is 0 Å². The molecule has 3 rings (SSSR count). The van der Waals surface area contributed by atoms with Gasteiger partial charge in [-0.05, 0) is 19.1 Å². The lowest BCUT2D eigenvalue weighted by molar-refractivity contribution is 0.0976. The van der Waals surface area contributed by atoms with E-state index in [1.54, 1.807) is 29.2 Å². The van der Waals surface area contributed by atoms with E-state index in [1.807, 2.05) is 43.3 Å². The third-order valence-corrected chi connectivity index (χ3v) is 3.86. The summed E-state index contributed by atoms with van der Waals surface area (Å²) in [6, 6.07) is 17.8. The third-order valence-electron chi connectivity index (χ3n) is 3.86. The van der Waals surface area contributed by atoms with Gasteiger partial charge in [0, 0.05) is 23.4 Å². The predicted molar refractivity (Wildman–Crippen MR) is 87.2 cm³/mol. The minimum absolute atomic E-state index is 0.0978. The number of hydrogen-bond acceptors (Lipinski definition) is 4. The molecule has 0 N–H and O–H groups in total. The highest BCUT2D eigenvalue weighted by atomic mass is 16.1. The molecule has 0 spiro atoms. The number of carbonyl (C=O) groups excluding carboxylic acids is 2. The van der Waals surface area contributed by atoms with Crippen molar-refractivity contribution in [3.05, 3.63) is 77.0 Å². The van der Waals surface area contributed by atoms with Crippen LogP contribution in [0.5, 0.6) is 0 Å². The summed E-state index contributed by atoms with van der Waals surface area (Å²) < 4.78 is 0. The van der Waals surface area contributed by atoms with E-state index >= 15 is 0 Å². The number of nitriles is 1. The van der Waals surface area contributed by atoms with Gasteiger partial charge in [-0.3, -0.25) is 9.59 Å². The second-order valence-electron chi connectivity index (χ2n) is 5.12. The quantitative estimate of drug-likeness (QED) is 0.872. The highest BCUT2D eigenvalue weighted by Crippen LogP contribution is 2.30. The Morgan fingerprint density at radius 3 is 2.04 bits per heavy atom. The van der Waals surface area contributed by atoms with Crippen LogP contribution in [0.2, 0.25) is 0 Å². The lowest BCUT2D eigenvalue weighted by Gasteiger charge is -2.28. The van der Waals surface area contributed by atoms with Gasteiger partial charge in [-0.1, -0.05) is 42.5 Å². The van der Waals surface area contributed by atoms with Crippen molar-refractivity contribution in [2.24, 2.45) is 0 Å². The second-order valence-corrected chi connectivity index (χ2v) is 5.12. The molecule has 0 radical (unpaired) electrons. The van der Waals surface area contributed by atoms with E-state index < -0.39 is 5.78 Å². The Morgan fingerprint density at radius 2 is 1.48 bits per heavy atom. The molecular weight excluding hydrogens is 288 g/mol. The number of likely N-dealkylation sites (N-methyl/N-ethyl adjacent to an activating group) is 1. The number of para-hydroxylation sites is 1. The van der Waals surface area contributed by atoms with Crippen LogP contribution in [0, 0.1) is 11.3 Å². The minimum Gasteiger partial charge on any atom is -0.337 e. The molecular formula is C19H14N2O2. The average Bonchev–Trinajstić information content (AvgIpc) is 2.61. The molecule has 0 amide bonds. The summed E-state index contributed by atoms with van der Waals surface area (Å²) in [7, 11) is 0. The number of fused-ring (bicyclic) bond motifs is 1. The van der Waals surface area contributed by atoms with Crippen LogP contribution in [-0.4, -0.2) is 18.1 Å². The van der Waals surface area contributed by atoms with Gasteiger partial charge >= 0.3 is 0 Å². The first-order valence-electron chi connectivity index (χ1n) is 7.34. The van der Waals surface area contributed by atoms with Crippen LogP contribution < -0.4 is 4.90 Å². The molecule has 1 aliphatic carbocycles. The van der Waals surface area contributed by atoms with Crippen molar-refractivity contribution in [2.75, 3.05) is 11.4 Å². The number of ketones is 2. The van der Waals surface area contributed by atoms with Gasteiger partial charge in [0.1, 0.15) is 17.3 Å². The van der Waals surface area contributed by atoms with Crippen molar-refractivity contribution >= 4 is 17.3 Å². The van der Waals surface area contributed by atoms with Gasteiger partial charge in [0.2, 0.25) is 11.6 Å². The van der Waals surface area contributed by atoms with Crippen molar-refractivity contribution in [1.82, 2.24) is 0 Å². The molecule has 0 fully saturated rings. The molecule has 0 aromatic heterocycles. The van der Waals surface area contributed by atoms with Crippen molar-refractivity contribution in [1.29, 1.82) is 5.26 Å². The number of anilines is 1. The Balaban J connectivity index is 2.22. The minimum atomic E-state index is -0.396. The molecule has 0 aliphatic heterocycles. The number of rotatable bonds is 3. The number of hydrogen-bond donors (Lipinski definition) is 0. The monoisotopic (exact) mass is 302 g/mol. The molecule has 2 aromatic rings. The first kappa shape index (κ1) is 14.7. The van der Waals surface area contributed by atoms with Gasteiger partial charge < -0.3 is 4.90 Å². The zero-order chi connectivity index (χ0) is 16.4. The fourth-order valence-corrected chi connectivity index (χ4v) is 2.80. The number of Topliss-reactive ketones (excluding diaryl/α,β-unsaturated/α-hetero) is 2. The summed E-state index contributed by atoms with van der Waals surface area (Å²) >= 11 is 0. The molecule has 0 saturated carbocycles. The molecule has 0 unspecified atom stereocenters. The molecule has 0 heterocycles. The molecule has 0 bridgehead atoms. The Morgan fingerprint density at radius 1 is 0.913 bits per heavy atom. The maximum Gasteiger partial charge on any atom is 0.211 e. The van der Waals surface area contributed by atoms with E-state index in [0.29, 0.717) is 17.7 Å². The smallest absolute Gasteiger partial charge is 0.211 e. The van der Waals surface area contributed by atoms with Crippen LogP contribution >= 0.6 is 0 Å². The van der Waals surface area contributed by atoms with Crippen molar-refractivity contribution in [2.45, 2.75) is 6.92 Å². The first-order valence-corrected chi connectivity index (χ1v) is 7.34. The molecule has 0 saturated heterocycles. The maximum absolute atomic E-state index is 12.9. The topological polar surface area (TPSA) is 61.2 Å². The summed E-state index contributed by atoms with van der Waals surface area (Å²) in [5.41, 5.74) is 1.48. The zero-order valence-electron chi connectivity index (χ0n) is 12.6. The molecule has 4 heteroatoms. The zero-order valence-corrected chi connectivity index (χ0v) is 12.6. The van der Waals surface area contributed by atoms with Crippen molar-refractivity contribution in [3.8, 4) is 6.07 Å². The summed E-state index contributed by atoms with van der Waals surface area (Å²) in [5.74, 6) is -0.686. The third kappa shape index (κ3) is 2.33. The SMILES string of the molecule is CCN(C1=C(C#N)C(=O)c2ccccc2C1=O)c1ccccc1. The Bertz CT molecular complexity index is 860. The van der Waals surface area contributed by atoms with Crippen LogP contribution in [0.4, 0.5) is 5.69 Å². The van der Waals surface area contributed by atoms with Crippen molar-refractivity contribution < 1.29 is 9.59 Å². The average molecular weight is 302 g/mol. The Hall–Kier alpha value is -3.19. The highest BCUT2D eigenvalue weighted by Gasteiger charge is 2.35. The van der Waals surface area contributed by atoms with Crippen LogP contribution in [-0.2, 0) is 0 Å². The van der Waals surface area contributed by atoms with Gasteiger partial charge in [-0.25, -0.2) is 0 Å². The molecule has 23 heavy (non-hydrogen) atoms. The standard InChI is InChI=1S/C19H14N2O2/c1-2-21(13-8-4-3-5-9-13)17-16(12-20)18(22)14-10-6-7-11-15(14)19(17)23/h3-11H,2H2,1H3. The van der Waals surface area contributed by atoms with Gasteiger partial charge in [-0.2, -0.15) is 5.26 Å². The summed E-state index contributed by atoms with van der Waals surface area (Å²) in [6.07, 6.45) is 0. The van der Waals surface area contributed by atoms with Crippen LogP contribution in [0.15, 0.2) is 65.9 Å². The fraction of sp³-hybridized carbons (Fsp3) is 0.105. The van der Waals surface area contributed by atoms with Gasteiger partial charge in [-0.15, -0.1) is 0 Å². The fourth-order valence-electron chi connectivity index (χ4n) is 2.80. The predicted octanol–water partition coefficient (Wildman–Crippen LogP) is 3.37. The lowest BCUT2D eigenvalue weighted by Crippen LogP contribution is -2.34. The number of allylic oxidation sites excluding steroid dienone is 2. The van der Waals surface area contributed by atoms with Crippen LogP contribution in [0.1, 0.15) is 27.6 Å². The highest BCUT2D eigenvalue weighted by molar-refractivity contribution is 6.29. The largest absolute Gasteiger partial charge is 0.337 e. The van der Waals surface area contributed by atoms with E-state index in [1.165, 1.54) is 0 Å². The lowest BCUT2D eigenvalue weighted by atomic mass is 9.87. The van der Waals surface area contributed by atoms with Crippen LogP contribution in [0.3, 0.4) is 0 Å². The van der Waals surface area contributed by atoms with E-state index in [0.717, 1.165) is 5.69 Å². The van der Waals surface area contributed by atoms with E-state index in [2.05, 4.69) is 0 Å². The number of carbonyl (C=O) groups is 2. The second kappa shape index (κ2) is 5.90. The van der Waals surface area contributed by atoms with Crippen LogP contribution in [0.25, 0.3) is 0 Å². The normalized spacial score (nSPS) is 13.6. The Kier molecular flexibility index (Phi) is 3.78. The van der Waals surface area contributed by atoms with Crippen molar-refractivity contribution in [3.63, 3.8) is 0 Å². The Labute approximate surface area is 134 Å². The summed E-state index contributed by atoms with van der Waals surface area (Å²) in [4.78, 5) is 27.2. The molecule has 112 valence electrons. The molecule has 2 aromatic carbocycles.